The van der Waals surface area contributed by atoms with E-state index in [4.69, 9.17) is 0 Å². The molecule has 6 nitrogen and oxygen atoms in total. The molecule has 0 aliphatic heterocycles. The Morgan fingerprint density at radius 1 is 1.14 bits per heavy atom. The number of aromatic nitrogens is 4. The van der Waals surface area contributed by atoms with Crippen LogP contribution in [0.1, 0.15) is 21.5 Å². The van der Waals surface area contributed by atoms with E-state index in [1.165, 1.54) is 24.4 Å². The van der Waals surface area contributed by atoms with Crippen molar-refractivity contribution in [2.75, 3.05) is 0 Å². The molecule has 0 saturated heterocycles. The topological polar surface area (TPSA) is 86.5 Å². The zero-order valence-electron chi connectivity index (χ0n) is 14.3. The maximum atomic E-state index is 13.1. The Hall–Kier alpha value is -3.62. The number of carbonyl (C=O) groups excluding carboxylic acids is 1. The van der Waals surface area contributed by atoms with Gasteiger partial charge in [0.2, 0.25) is 0 Å². The number of hydrogen-bond donors (Lipinski definition) is 3. The van der Waals surface area contributed by atoms with Crippen molar-refractivity contribution >= 4 is 16.9 Å². The standard InChI is InChI=1S/C19H14F3N5O/c20-19(21,22)14-6-2-1-4-11(14)9-25-18(28)12-8-15(24-10-12)16-13-5-3-7-23-17(13)27-26-16/h1-8,10,24H,9H2,(H,25,28)(H,23,26,27). The summed E-state index contributed by atoms with van der Waals surface area (Å²) in [6.45, 7) is -0.232. The number of amides is 1. The molecule has 4 rings (SSSR count). The maximum absolute atomic E-state index is 13.1. The molecule has 28 heavy (non-hydrogen) atoms. The summed E-state index contributed by atoms with van der Waals surface area (Å²) in [5.41, 5.74) is 1.34. The first-order valence-corrected chi connectivity index (χ1v) is 8.34. The highest BCUT2D eigenvalue weighted by Gasteiger charge is 2.32. The third kappa shape index (κ3) is 3.34. The molecule has 9 heteroatoms. The zero-order valence-corrected chi connectivity index (χ0v) is 14.3. The van der Waals surface area contributed by atoms with Crippen LogP contribution in [0, 0.1) is 0 Å². The Morgan fingerprint density at radius 3 is 2.79 bits per heavy atom. The number of halogens is 3. The van der Waals surface area contributed by atoms with Gasteiger partial charge in [-0.3, -0.25) is 9.89 Å². The quantitative estimate of drug-likeness (QED) is 0.498. The summed E-state index contributed by atoms with van der Waals surface area (Å²) < 4.78 is 39.2. The molecule has 0 spiro atoms. The lowest BCUT2D eigenvalue weighted by Gasteiger charge is -2.12. The van der Waals surface area contributed by atoms with Gasteiger partial charge in [0, 0.05) is 24.3 Å². The lowest BCUT2D eigenvalue weighted by molar-refractivity contribution is -0.138. The van der Waals surface area contributed by atoms with E-state index in [9.17, 15) is 18.0 Å². The molecule has 0 unspecified atom stereocenters. The van der Waals surface area contributed by atoms with Crippen LogP contribution >= 0.6 is 0 Å². The fourth-order valence-corrected chi connectivity index (χ4v) is 2.95. The molecule has 0 radical (unpaired) electrons. The zero-order chi connectivity index (χ0) is 19.7. The molecule has 3 heterocycles. The third-order valence-corrected chi connectivity index (χ3v) is 4.30. The summed E-state index contributed by atoms with van der Waals surface area (Å²) in [4.78, 5) is 19.5. The summed E-state index contributed by atoms with van der Waals surface area (Å²) in [5.74, 6) is -0.488. The van der Waals surface area contributed by atoms with Crippen molar-refractivity contribution in [1.82, 2.24) is 25.5 Å². The molecule has 0 fully saturated rings. The van der Waals surface area contributed by atoms with E-state index < -0.39 is 17.6 Å². The highest BCUT2D eigenvalue weighted by atomic mass is 19.4. The second kappa shape index (κ2) is 6.84. The van der Waals surface area contributed by atoms with Crippen LogP contribution in [-0.2, 0) is 12.7 Å². The number of rotatable bonds is 4. The highest BCUT2D eigenvalue weighted by Crippen LogP contribution is 2.31. The van der Waals surface area contributed by atoms with Crippen molar-refractivity contribution in [2.24, 2.45) is 0 Å². The minimum Gasteiger partial charge on any atom is -0.359 e. The maximum Gasteiger partial charge on any atom is 0.416 e. The Labute approximate surface area is 156 Å². The minimum absolute atomic E-state index is 0.00322. The molecule has 0 aliphatic carbocycles. The van der Waals surface area contributed by atoms with Crippen LogP contribution < -0.4 is 5.32 Å². The summed E-state index contributed by atoms with van der Waals surface area (Å²) in [6.07, 6.45) is -1.36. The monoisotopic (exact) mass is 385 g/mol. The van der Waals surface area contributed by atoms with Crippen molar-refractivity contribution in [3.63, 3.8) is 0 Å². The van der Waals surface area contributed by atoms with Gasteiger partial charge in [0.15, 0.2) is 5.65 Å². The average molecular weight is 385 g/mol. The first-order valence-electron chi connectivity index (χ1n) is 8.34. The molecule has 0 saturated carbocycles. The van der Waals surface area contributed by atoms with E-state index >= 15 is 0 Å². The smallest absolute Gasteiger partial charge is 0.359 e. The van der Waals surface area contributed by atoms with Crippen LogP contribution in [-0.4, -0.2) is 26.1 Å². The van der Waals surface area contributed by atoms with Gasteiger partial charge in [-0.15, -0.1) is 0 Å². The molecule has 3 aromatic heterocycles. The van der Waals surface area contributed by atoms with E-state index in [0.29, 0.717) is 22.6 Å². The largest absolute Gasteiger partial charge is 0.416 e. The number of aromatic amines is 2. The van der Waals surface area contributed by atoms with E-state index in [1.807, 2.05) is 6.07 Å². The number of pyridine rings is 1. The molecule has 1 amide bonds. The first kappa shape index (κ1) is 17.8. The molecule has 1 aromatic carbocycles. The predicted octanol–water partition coefficient (Wildman–Crippen LogP) is 3.90. The van der Waals surface area contributed by atoms with Crippen LogP contribution in [0.2, 0.25) is 0 Å². The van der Waals surface area contributed by atoms with Gasteiger partial charge in [0.05, 0.1) is 16.8 Å². The van der Waals surface area contributed by atoms with Crippen LogP contribution in [0.3, 0.4) is 0 Å². The van der Waals surface area contributed by atoms with E-state index in [-0.39, 0.29) is 12.1 Å². The van der Waals surface area contributed by atoms with Gasteiger partial charge in [-0.05, 0) is 29.8 Å². The molecule has 4 aromatic rings. The average Bonchev–Trinajstić information content (AvgIpc) is 3.32. The predicted molar refractivity (Wildman–Crippen MR) is 96.3 cm³/mol. The molecule has 142 valence electrons. The normalized spacial score (nSPS) is 11.7. The van der Waals surface area contributed by atoms with Gasteiger partial charge in [-0.1, -0.05) is 18.2 Å². The fourth-order valence-electron chi connectivity index (χ4n) is 2.95. The molecule has 0 bridgehead atoms. The Kier molecular flexibility index (Phi) is 4.34. The van der Waals surface area contributed by atoms with Gasteiger partial charge in [-0.2, -0.15) is 18.3 Å². The first-order chi connectivity index (χ1) is 13.4. The number of hydrogen-bond acceptors (Lipinski definition) is 3. The van der Waals surface area contributed by atoms with Crippen molar-refractivity contribution in [3.05, 3.63) is 71.5 Å². The van der Waals surface area contributed by atoms with E-state index in [0.717, 1.165) is 11.5 Å². The highest BCUT2D eigenvalue weighted by molar-refractivity contribution is 5.97. The van der Waals surface area contributed by atoms with Crippen molar-refractivity contribution in [3.8, 4) is 11.4 Å². The summed E-state index contributed by atoms with van der Waals surface area (Å²) >= 11 is 0. The lowest BCUT2D eigenvalue weighted by Crippen LogP contribution is -2.24. The van der Waals surface area contributed by atoms with Gasteiger partial charge in [0.1, 0.15) is 5.69 Å². The number of nitrogens with one attached hydrogen (secondary N) is 3. The van der Waals surface area contributed by atoms with Crippen molar-refractivity contribution in [2.45, 2.75) is 12.7 Å². The van der Waals surface area contributed by atoms with Crippen LogP contribution in [0.25, 0.3) is 22.4 Å². The number of carbonyl (C=O) groups is 1. The number of benzene rings is 1. The molecular formula is C19H14F3N5O. The molecule has 3 N–H and O–H groups in total. The van der Waals surface area contributed by atoms with Gasteiger partial charge in [0.25, 0.3) is 5.91 Å². The van der Waals surface area contributed by atoms with Crippen LogP contribution in [0.5, 0.6) is 0 Å². The van der Waals surface area contributed by atoms with Crippen LogP contribution in [0.15, 0.2) is 54.9 Å². The fraction of sp³-hybridized carbons (Fsp3) is 0.105. The lowest BCUT2D eigenvalue weighted by atomic mass is 10.1. The number of H-pyrrole nitrogens is 2. The van der Waals surface area contributed by atoms with Gasteiger partial charge >= 0.3 is 6.18 Å². The Bertz CT molecular complexity index is 1150. The minimum atomic E-state index is -4.47. The molecule has 0 atom stereocenters. The summed E-state index contributed by atoms with van der Waals surface area (Å²) in [7, 11) is 0. The van der Waals surface area contributed by atoms with Crippen molar-refractivity contribution < 1.29 is 18.0 Å². The van der Waals surface area contributed by atoms with E-state index in [2.05, 4.69) is 25.5 Å². The second-order valence-corrected chi connectivity index (χ2v) is 6.11. The Morgan fingerprint density at radius 2 is 1.96 bits per heavy atom. The Balaban J connectivity index is 1.52. The number of alkyl halides is 3. The molecular weight excluding hydrogens is 371 g/mol. The summed E-state index contributed by atoms with van der Waals surface area (Å²) in [5, 5.41) is 10.3. The van der Waals surface area contributed by atoms with Crippen molar-refractivity contribution in [1.29, 1.82) is 0 Å². The summed E-state index contributed by atoms with van der Waals surface area (Å²) in [6, 6.07) is 10.4. The van der Waals surface area contributed by atoms with Gasteiger partial charge in [-0.25, -0.2) is 4.98 Å². The van der Waals surface area contributed by atoms with Gasteiger partial charge < -0.3 is 10.3 Å². The second-order valence-electron chi connectivity index (χ2n) is 6.11. The SMILES string of the molecule is O=C(NCc1ccccc1C(F)(F)F)c1c[nH]c(-c2n[nH]c3ncccc23)c1. The number of fused-ring (bicyclic) bond motifs is 1. The molecule has 0 aliphatic rings. The van der Waals surface area contributed by atoms with E-state index in [1.54, 1.807) is 18.3 Å². The third-order valence-electron chi connectivity index (χ3n) is 4.30. The number of nitrogens with zero attached hydrogens (tertiary/aromatic N) is 2. The van der Waals surface area contributed by atoms with Crippen LogP contribution in [0.4, 0.5) is 13.2 Å².